The Morgan fingerprint density at radius 2 is 0.750 bits per heavy atom. The maximum absolute atomic E-state index is 13.7. The molecule has 10 rings (SSSR count). The molecular formula is C26H6F2N2S10. The van der Waals surface area contributed by atoms with E-state index >= 15 is 0 Å². The Kier molecular flexibility index (Phi) is 5.02. The van der Waals surface area contributed by atoms with Crippen molar-refractivity contribution in [2.75, 3.05) is 0 Å². The van der Waals surface area contributed by atoms with Gasteiger partial charge in [-0.25, -0.2) is 9.97 Å². The average molecular weight is 705 g/mol. The molecule has 10 heterocycles. The zero-order valence-corrected chi connectivity index (χ0v) is 27.4. The molecule has 0 aliphatic rings. The highest BCUT2D eigenvalue weighted by Gasteiger charge is 2.21. The lowest BCUT2D eigenvalue weighted by Gasteiger charge is -1.89. The number of halogens is 2. The first-order valence-electron chi connectivity index (χ1n) is 11.6. The number of fused-ring (bicyclic) bond motifs is 10. The maximum atomic E-state index is 13.7. The SMILES string of the molecule is Fc1cc2sc3c4sc(-c5ncc(-c6cnc(-c7cc8sc9c%10sc(F)cc%10sc9c8s7)s6)s5)cc4sc3c2s1. The summed E-state index contributed by atoms with van der Waals surface area (Å²) in [4.78, 5) is 14.1. The second-order valence-corrected chi connectivity index (χ2v) is 19.3. The van der Waals surface area contributed by atoms with Crippen LogP contribution in [0.15, 0.2) is 36.7 Å². The summed E-state index contributed by atoms with van der Waals surface area (Å²) in [5, 5.41) is 1.81. The van der Waals surface area contributed by atoms with Crippen LogP contribution in [0.3, 0.4) is 0 Å². The third-order valence-electron chi connectivity index (χ3n) is 6.49. The van der Waals surface area contributed by atoms with E-state index in [2.05, 4.69) is 12.1 Å². The van der Waals surface area contributed by atoms with Gasteiger partial charge in [0.1, 0.15) is 10.0 Å². The molecule has 0 saturated carbocycles. The van der Waals surface area contributed by atoms with Crippen LogP contribution in [-0.2, 0) is 0 Å². The van der Waals surface area contributed by atoms with E-state index in [9.17, 15) is 8.78 Å². The molecule has 0 atom stereocenters. The van der Waals surface area contributed by atoms with Crippen LogP contribution in [0, 0.1) is 10.3 Å². The molecule has 0 radical (unpaired) electrons. The first kappa shape index (κ1) is 23.8. The van der Waals surface area contributed by atoms with E-state index in [4.69, 9.17) is 9.97 Å². The van der Waals surface area contributed by atoms with E-state index in [-0.39, 0.29) is 10.3 Å². The van der Waals surface area contributed by atoms with Crippen molar-refractivity contribution in [1.82, 2.24) is 9.97 Å². The molecule has 194 valence electrons. The second-order valence-electron chi connectivity index (χ2n) is 8.88. The molecule has 40 heavy (non-hydrogen) atoms. The molecule has 10 aromatic rings. The zero-order valence-electron chi connectivity index (χ0n) is 19.2. The van der Waals surface area contributed by atoms with Gasteiger partial charge in [-0.15, -0.1) is 113 Å². The molecule has 0 aliphatic carbocycles. The van der Waals surface area contributed by atoms with E-state index in [1.165, 1.54) is 70.0 Å². The predicted molar refractivity (Wildman–Crippen MR) is 182 cm³/mol. The summed E-state index contributed by atoms with van der Waals surface area (Å²) in [6.07, 6.45) is 3.91. The van der Waals surface area contributed by atoms with Crippen molar-refractivity contribution >= 4 is 170 Å². The fourth-order valence-electron chi connectivity index (χ4n) is 4.81. The Morgan fingerprint density at radius 1 is 0.375 bits per heavy atom. The van der Waals surface area contributed by atoms with Crippen molar-refractivity contribution in [2.24, 2.45) is 0 Å². The van der Waals surface area contributed by atoms with Crippen molar-refractivity contribution in [2.45, 2.75) is 0 Å². The van der Waals surface area contributed by atoms with E-state index in [0.29, 0.717) is 0 Å². The Balaban J connectivity index is 0.989. The summed E-state index contributed by atoms with van der Waals surface area (Å²) in [7, 11) is 0. The van der Waals surface area contributed by atoms with Crippen molar-refractivity contribution in [3.05, 3.63) is 46.9 Å². The van der Waals surface area contributed by atoms with Crippen molar-refractivity contribution in [1.29, 1.82) is 0 Å². The minimum atomic E-state index is -0.113. The highest BCUT2D eigenvalue weighted by molar-refractivity contribution is 7.46. The van der Waals surface area contributed by atoms with Gasteiger partial charge in [0, 0.05) is 33.9 Å². The van der Waals surface area contributed by atoms with Crippen molar-refractivity contribution < 1.29 is 8.78 Å². The zero-order chi connectivity index (χ0) is 26.3. The van der Waals surface area contributed by atoms with Gasteiger partial charge in [0.15, 0.2) is 10.3 Å². The predicted octanol–water partition coefficient (Wildman–Crippen LogP) is 13.3. The largest absolute Gasteiger partial charge is 0.243 e. The van der Waals surface area contributed by atoms with Gasteiger partial charge in [0.2, 0.25) is 0 Å². The van der Waals surface area contributed by atoms with E-state index < -0.39 is 0 Å². The molecule has 2 nitrogen and oxygen atoms in total. The van der Waals surface area contributed by atoms with Crippen LogP contribution in [0.4, 0.5) is 8.78 Å². The highest BCUT2D eigenvalue weighted by atomic mass is 32.1. The Hall–Kier alpha value is -1.72. The molecule has 14 heteroatoms. The van der Waals surface area contributed by atoms with Crippen LogP contribution in [0.2, 0.25) is 0 Å². The molecule has 0 fully saturated rings. The van der Waals surface area contributed by atoms with Crippen LogP contribution < -0.4 is 0 Å². The van der Waals surface area contributed by atoms with Gasteiger partial charge in [-0.3, -0.25) is 0 Å². The molecule has 0 bridgehead atoms. The lowest BCUT2D eigenvalue weighted by atomic mass is 10.4. The summed E-state index contributed by atoms with van der Waals surface area (Å²) in [5.74, 6) is 0. The molecule has 0 unspecified atom stereocenters. The normalized spacial score (nSPS) is 12.8. The molecule has 10 aromatic heterocycles. The molecule has 0 spiro atoms. The quantitative estimate of drug-likeness (QED) is 0.183. The number of rotatable bonds is 3. The van der Waals surface area contributed by atoms with Gasteiger partial charge < -0.3 is 0 Å². The van der Waals surface area contributed by atoms with Gasteiger partial charge in [-0.1, -0.05) is 0 Å². The Morgan fingerprint density at radius 3 is 1.18 bits per heavy atom. The molecule has 0 aliphatic heterocycles. The monoisotopic (exact) mass is 704 g/mol. The van der Waals surface area contributed by atoms with Gasteiger partial charge in [-0.05, 0) is 12.1 Å². The van der Waals surface area contributed by atoms with Crippen LogP contribution in [0.1, 0.15) is 0 Å². The minimum Gasteiger partial charge on any atom is -0.243 e. The summed E-state index contributed by atoms with van der Waals surface area (Å²) in [6.45, 7) is 0. The van der Waals surface area contributed by atoms with Crippen LogP contribution >= 0.6 is 113 Å². The number of thiophene rings is 8. The summed E-state index contributed by atoms with van der Waals surface area (Å²) < 4.78 is 41.7. The number of hydrogen-bond donors (Lipinski definition) is 0. The topological polar surface area (TPSA) is 25.8 Å². The average Bonchev–Trinajstić information content (AvgIpc) is 3.73. The molecule has 0 amide bonds. The number of nitrogens with zero attached hydrogens (tertiary/aromatic N) is 2. The Labute approximate surface area is 262 Å². The first-order chi connectivity index (χ1) is 19.6. The summed E-state index contributed by atoms with van der Waals surface area (Å²) >= 11 is 16.3. The van der Waals surface area contributed by atoms with Gasteiger partial charge in [-0.2, -0.15) is 8.78 Å². The maximum Gasteiger partial charge on any atom is 0.178 e. The lowest BCUT2D eigenvalue weighted by molar-refractivity contribution is 0.658. The number of aromatic nitrogens is 2. The second kappa shape index (κ2) is 8.43. The van der Waals surface area contributed by atoms with Gasteiger partial charge in [0.25, 0.3) is 0 Å². The highest BCUT2D eigenvalue weighted by Crippen LogP contribution is 2.53. The van der Waals surface area contributed by atoms with Crippen molar-refractivity contribution in [3.8, 4) is 29.5 Å². The smallest absolute Gasteiger partial charge is 0.178 e. The number of thiazole rings is 2. The molecule has 0 saturated heterocycles. The number of hydrogen-bond acceptors (Lipinski definition) is 12. The third-order valence-corrected chi connectivity index (χ3v) is 19.1. The third kappa shape index (κ3) is 3.34. The minimum absolute atomic E-state index is 0.113. The summed E-state index contributed by atoms with van der Waals surface area (Å²) in [5.41, 5.74) is 0. The van der Waals surface area contributed by atoms with E-state index in [1.807, 2.05) is 12.4 Å². The molecular weight excluding hydrogens is 699 g/mol. The van der Waals surface area contributed by atoms with E-state index in [0.717, 1.165) is 38.6 Å². The molecule has 0 aromatic carbocycles. The van der Waals surface area contributed by atoms with Gasteiger partial charge in [0.05, 0.1) is 66.5 Å². The van der Waals surface area contributed by atoms with Crippen LogP contribution in [0.25, 0.3) is 85.9 Å². The lowest BCUT2D eigenvalue weighted by Crippen LogP contribution is -1.64. The van der Waals surface area contributed by atoms with Crippen LogP contribution in [-0.4, -0.2) is 9.97 Å². The summed E-state index contributed by atoms with van der Waals surface area (Å²) in [6, 6.07) is 7.77. The van der Waals surface area contributed by atoms with Crippen molar-refractivity contribution in [3.63, 3.8) is 0 Å². The molecule has 0 N–H and O–H groups in total. The van der Waals surface area contributed by atoms with E-state index in [1.54, 1.807) is 103 Å². The standard InChI is InChI=1S/C26H6F2N2S10/c27-15-3-9-19(39-15)23-21(33-9)17-7(31-23)1-11(35-17)25-29-5-13(37-25)14-6-30-26(38-14)12-2-8-18(36-12)22-24(32-8)20-10(34-22)4-16(28)40-20/h1-6H. The first-order valence-corrected chi connectivity index (χ1v) is 19.7. The Bertz CT molecular complexity index is 2420. The fourth-order valence-corrected chi connectivity index (χ4v) is 17.5. The fraction of sp³-hybridized carbons (Fsp3) is 0. The van der Waals surface area contributed by atoms with Gasteiger partial charge >= 0.3 is 0 Å². The van der Waals surface area contributed by atoms with Crippen LogP contribution in [0.5, 0.6) is 0 Å².